The number of carbonyl (C=O) groups excluding carboxylic acids is 3. The van der Waals surface area contributed by atoms with Gasteiger partial charge in [-0.1, -0.05) is 18.5 Å². The molecule has 0 saturated heterocycles. The molecular formula is C18H22ClN3O5S. The van der Waals surface area contributed by atoms with Crippen LogP contribution in [0.3, 0.4) is 0 Å². The van der Waals surface area contributed by atoms with Gasteiger partial charge in [-0.15, -0.1) is 11.3 Å². The van der Waals surface area contributed by atoms with E-state index in [1.165, 1.54) is 16.0 Å². The number of aromatic nitrogens is 2. The number of halogens is 1. The minimum Gasteiger partial charge on any atom is -0.462 e. The number of rotatable bonds is 7. The number of amides is 1. The van der Waals surface area contributed by atoms with E-state index in [0.29, 0.717) is 22.7 Å². The van der Waals surface area contributed by atoms with Crippen molar-refractivity contribution in [3.8, 4) is 0 Å². The first-order valence-corrected chi connectivity index (χ1v) is 9.86. The van der Waals surface area contributed by atoms with Crippen LogP contribution >= 0.6 is 22.9 Å². The highest BCUT2D eigenvalue weighted by atomic mass is 35.5. The summed E-state index contributed by atoms with van der Waals surface area (Å²) in [5, 5.41) is 7.18. The highest BCUT2D eigenvalue weighted by Gasteiger charge is 2.25. The maximum atomic E-state index is 12.3. The quantitative estimate of drug-likeness (QED) is 0.680. The minimum atomic E-state index is -0.743. The smallest absolute Gasteiger partial charge is 0.343 e. The Labute approximate surface area is 171 Å². The summed E-state index contributed by atoms with van der Waals surface area (Å²) in [5.74, 6) is -1.80. The lowest BCUT2D eigenvalue weighted by Gasteiger charge is -2.08. The highest BCUT2D eigenvalue weighted by molar-refractivity contribution is 7.16. The molecule has 0 aliphatic carbocycles. The molecule has 0 aromatic carbocycles. The van der Waals surface area contributed by atoms with E-state index in [1.807, 2.05) is 13.8 Å². The van der Waals surface area contributed by atoms with Crippen molar-refractivity contribution in [3.63, 3.8) is 0 Å². The van der Waals surface area contributed by atoms with Crippen molar-refractivity contribution in [2.75, 3.05) is 18.5 Å². The molecule has 2 heterocycles. The van der Waals surface area contributed by atoms with Crippen LogP contribution in [0.25, 0.3) is 0 Å². The van der Waals surface area contributed by atoms with Crippen LogP contribution in [0.1, 0.15) is 50.7 Å². The maximum Gasteiger partial charge on any atom is 0.343 e. The van der Waals surface area contributed by atoms with Gasteiger partial charge < -0.3 is 14.8 Å². The van der Waals surface area contributed by atoms with Crippen molar-refractivity contribution >= 4 is 45.8 Å². The molecule has 0 bridgehead atoms. The van der Waals surface area contributed by atoms with Crippen LogP contribution < -0.4 is 5.32 Å². The van der Waals surface area contributed by atoms with E-state index in [0.717, 1.165) is 10.4 Å². The fourth-order valence-corrected chi connectivity index (χ4v) is 4.14. The Bertz CT molecular complexity index is 919. The lowest BCUT2D eigenvalue weighted by molar-refractivity contribution is -0.119. The summed E-state index contributed by atoms with van der Waals surface area (Å²) in [5.41, 5.74) is 1.69. The predicted octanol–water partition coefficient (Wildman–Crippen LogP) is 3.29. The second kappa shape index (κ2) is 9.20. The highest BCUT2D eigenvalue weighted by Crippen LogP contribution is 2.34. The summed E-state index contributed by atoms with van der Waals surface area (Å²) in [6.45, 7) is 6.83. The molecule has 0 unspecified atom stereocenters. The Morgan fingerprint density at radius 1 is 1.14 bits per heavy atom. The third-order valence-electron chi connectivity index (χ3n) is 3.99. The molecule has 1 N–H and O–H groups in total. The summed E-state index contributed by atoms with van der Waals surface area (Å²) >= 11 is 7.30. The van der Waals surface area contributed by atoms with Crippen LogP contribution in [-0.2, 0) is 27.7 Å². The molecule has 10 heteroatoms. The van der Waals surface area contributed by atoms with E-state index in [2.05, 4.69) is 10.4 Å². The molecule has 8 nitrogen and oxygen atoms in total. The van der Waals surface area contributed by atoms with Crippen LogP contribution in [0.4, 0.5) is 5.00 Å². The van der Waals surface area contributed by atoms with Crippen LogP contribution in [0.5, 0.6) is 0 Å². The van der Waals surface area contributed by atoms with E-state index in [4.69, 9.17) is 21.1 Å². The third kappa shape index (κ3) is 4.53. The Morgan fingerprint density at radius 2 is 1.79 bits per heavy atom. The van der Waals surface area contributed by atoms with Gasteiger partial charge in [-0.25, -0.2) is 9.59 Å². The molecule has 1 amide bonds. The lowest BCUT2D eigenvalue weighted by Crippen LogP contribution is -2.22. The standard InChI is InChI=1S/C18H22ClN3O5S/c1-6-11-10(4)28-16(14(11)18(25)26-7-2)20-12(23)8-27-17(24)13-9(3)21-22(5)15(13)19/h6-8H2,1-5H3,(H,20,23). The number of nitrogens with one attached hydrogen (secondary N) is 1. The van der Waals surface area contributed by atoms with Gasteiger partial charge in [0, 0.05) is 11.9 Å². The lowest BCUT2D eigenvalue weighted by atomic mass is 10.1. The SMILES string of the molecule is CCOC(=O)c1c(NC(=O)COC(=O)c2c(C)nn(C)c2Cl)sc(C)c1CC. The van der Waals surface area contributed by atoms with Crippen LogP contribution in [-0.4, -0.2) is 40.8 Å². The number of esters is 2. The Hall–Kier alpha value is -2.39. The van der Waals surface area contributed by atoms with Crippen molar-refractivity contribution < 1.29 is 23.9 Å². The first kappa shape index (κ1) is 21.9. The molecule has 0 aliphatic rings. The van der Waals surface area contributed by atoms with Crippen molar-refractivity contribution in [2.24, 2.45) is 7.05 Å². The van der Waals surface area contributed by atoms with Gasteiger partial charge in [-0.05, 0) is 32.8 Å². The zero-order valence-electron chi connectivity index (χ0n) is 16.3. The number of anilines is 1. The summed E-state index contributed by atoms with van der Waals surface area (Å²) in [7, 11) is 1.60. The van der Waals surface area contributed by atoms with Gasteiger partial charge in [0.1, 0.15) is 15.7 Å². The van der Waals surface area contributed by atoms with Crippen molar-refractivity contribution in [2.45, 2.75) is 34.1 Å². The van der Waals surface area contributed by atoms with Gasteiger partial charge in [-0.2, -0.15) is 5.10 Å². The summed E-state index contributed by atoms with van der Waals surface area (Å²) in [6, 6.07) is 0. The molecule has 152 valence electrons. The van der Waals surface area contributed by atoms with Crippen LogP contribution in [0.2, 0.25) is 5.15 Å². The number of nitrogens with zero attached hydrogens (tertiary/aromatic N) is 2. The molecule has 0 spiro atoms. The number of thiophene rings is 1. The van der Waals surface area contributed by atoms with Gasteiger partial charge in [0.2, 0.25) is 0 Å². The molecular weight excluding hydrogens is 406 g/mol. The fourth-order valence-electron chi connectivity index (χ4n) is 2.74. The van der Waals surface area contributed by atoms with Gasteiger partial charge in [0.15, 0.2) is 6.61 Å². The first-order valence-electron chi connectivity index (χ1n) is 8.66. The molecule has 28 heavy (non-hydrogen) atoms. The number of ether oxygens (including phenoxy) is 2. The molecule has 0 aliphatic heterocycles. The van der Waals surface area contributed by atoms with Crippen LogP contribution in [0, 0.1) is 13.8 Å². The normalized spacial score (nSPS) is 10.6. The van der Waals surface area contributed by atoms with E-state index >= 15 is 0 Å². The minimum absolute atomic E-state index is 0.115. The molecule has 2 rings (SSSR count). The molecule has 0 saturated carbocycles. The first-order chi connectivity index (χ1) is 13.2. The Kier molecular flexibility index (Phi) is 7.20. The third-order valence-corrected chi connectivity index (χ3v) is 5.48. The largest absolute Gasteiger partial charge is 0.462 e. The Morgan fingerprint density at radius 3 is 2.32 bits per heavy atom. The van der Waals surface area contributed by atoms with Gasteiger partial charge in [-0.3, -0.25) is 9.48 Å². The molecule has 2 aromatic heterocycles. The van der Waals surface area contributed by atoms with Gasteiger partial charge >= 0.3 is 11.9 Å². The van der Waals surface area contributed by atoms with Gasteiger partial charge in [0.05, 0.1) is 17.9 Å². The van der Waals surface area contributed by atoms with Crippen molar-refractivity contribution in [1.29, 1.82) is 0 Å². The van der Waals surface area contributed by atoms with E-state index < -0.39 is 24.5 Å². The van der Waals surface area contributed by atoms with E-state index in [-0.39, 0.29) is 17.3 Å². The van der Waals surface area contributed by atoms with E-state index in [9.17, 15) is 14.4 Å². The second-order valence-electron chi connectivity index (χ2n) is 5.91. The van der Waals surface area contributed by atoms with Crippen molar-refractivity contribution in [3.05, 3.63) is 32.4 Å². The average Bonchev–Trinajstić information content (AvgIpc) is 3.07. The number of hydrogen-bond acceptors (Lipinski definition) is 7. The molecule has 2 aromatic rings. The number of hydrogen-bond donors (Lipinski definition) is 1. The number of carbonyl (C=O) groups is 3. The van der Waals surface area contributed by atoms with Crippen molar-refractivity contribution in [1.82, 2.24) is 9.78 Å². The fraction of sp³-hybridized carbons (Fsp3) is 0.444. The predicted molar refractivity (Wildman–Crippen MR) is 106 cm³/mol. The summed E-state index contributed by atoms with van der Waals surface area (Å²) in [6.07, 6.45) is 0.625. The summed E-state index contributed by atoms with van der Waals surface area (Å²) < 4.78 is 11.5. The second-order valence-corrected chi connectivity index (χ2v) is 7.50. The molecule has 0 fully saturated rings. The average molecular weight is 428 g/mol. The van der Waals surface area contributed by atoms with Gasteiger partial charge in [0.25, 0.3) is 5.91 Å². The maximum absolute atomic E-state index is 12.3. The van der Waals surface area contributed by atoms with E-state index in [1.54, 1.807) is 20.9 Å². The molecule has 0 radical (unpaired) electrons. The molecule has 0 atom stereocenters. The zero-order valence-corrected chi connectivity index (χ0v) is 17.9. The monoisotopic (exact) mass is 427 g/mol. The topological polar surface area (TPSA) is 99.5 Å². The van der Waals surface area contributed by atoms with Crippen LogP contribution in [0.15, 0.2) is 0 Å². The number of aryl methyl sites for hydroxylation is 3. The Balaban J connectivity index is 2.11. The summed E-state index contributed by atoms with van der Waals surface area (Å²) in [4.78, 5) is 37.7. The zero-order chi connectivity index (χ0) is 21.0.